The predicted octanol–water partition coefficient (Wildman–Crippen LogP) is 1.38. The molecule has 0 spiro atoms. The number of halogens is 1. The molecule has 0 radical (unpaired) electrons. The zero-order valence-corrected chi connectivity index (χ0v) is 12.2. The average molecular weight is 305 g/mol. The molecule has 0 unspecified atom stereocenters. The molecule has 0 amide bonds. The van der Waals surface area contributed by atoms with E-state index >= 15 is 0 Å². The Kier molecular flexibility index (Phi) is 4.06. The van der Waals surface area contributed by atoms with Crippen LogP contribution in [-0.2, 0) is 10.0 Å². The third kappa shape index (κ3) is 2.86. The summed E-state index contributed by atoms with van der Waals surface area (Å²) in [7, 11) is -3.64. The smallest absolute Gasteiger partial charge is 0.243 e. The van der Waals surface area contributed by atoms with E-state index < -0.39 is 10.0 Å². The molecule has 1 fully saturated rings. The number of benzene rings is 1. The van der Waals surface area contributed by atoms with Crippen molar-refractivity contribution in [1.82, 2.24) is 4.31 Å². The molecule has 5 nitrogen and oxygen atoms in total. The molecule has 2 rings (SSSR count). The number of anilines is 1. The van der Waals surface area contributed by atoms with E-state index in [4.69, 9.17) is 22.4 Å². The number of nitrogen functional groups attached to an aromatic ring is 1. The van der Waals surface area contributed by atoms with Crippen LogP contribution in [0, 0.1) is 6.92 Å². The van der Waals surface area contributed by atoms with E-state index in [-0.39, 0.29) is 29.8 Å². The fourth-order valence-corrected chi connectivity index (χ4v) is 4.17. The molecule has 106 valence electrons. The third-order valence-corrected chi connectivity index (χ3v) is 5.58. The maximum Gasteiger partial charge on any atom is 0.243 e. The first kappa shape index (κ1) is 14.6. The number of nitrogens with two attached hydrogens (primary N) is 1. The Morgan fingerprint density at radius 3 is 2.63 bits per heavy atom. The molecule has 0 saturated heterocycles. The van der Waals surface area contributed by atoms with Gasteiger partial charge < -0.3 is 10.8 Å². The van der Waals surface area contributed by atoms with Crippen molar-refractivity contribution in [3.05, 3.63) is 22.7 Å². The normalized spacial score (nSPS) is 16.0. The monoisotopic (exact) mass is 304 g/mol. The topological polar surface area (TPSA) is 83.6 Å². The number of sulfonamides is 1. The summed E-state index contributed by atoms with van der Waals surface area (Å²) in [6.45, 7) is 1.59. The lowest BCUT2D eigenvalue weighted by atomic mass is 10.2. The van der Waals surface area contributed by atoms with Crippen molar-refractivity contribution < 1.29 is 13.5 Å². The number of hydrogen-bond acceptors (Lipinski definition) is 4. The number of hydrogen-bond donors (Lipinski definition) is 2. The van der Waals surface area contributed by atoms with Gasteiger partial charge in [-0.15, -0.1) is 0 Å². The lowest BCUT2D eigenvalue weighted by Crippen LogP contribution is -2.35. The summed E-state index contributed by atoms with van der Waals surface area (Å²) < 4.78 is 26.6. The first-order valence-corrected chi connectivity index (χ1v) is 7.88. The lowest BCUT2D eigenvalue weighted by Gasteiger charge is -2.22. The molecule has 1 aromatic carbocycles. The molecule has 1 aliphatic rings. The van der Waals surface area contributed by atoms with Crippen molar-refractivity contribution in [3.8, 4) is 0 Å². The van der Waals surface area contributed by atoms with Gasteiger partial charge in [0, 0.05) is 12.6 Å². The summed E-state index contributed by atoms with van der Waals surface area (Å²) in [5, 5.41) is 9.38. The van der Waals surface area contributed by atoms with Crippen molar-refractivity contribution in [3.63, 3.8) is 0 Å². The van der Waals surface area contributed by atoms with E-state index in [0.717, 1.165) is 12.8 Å². The van der Waals surface area contributed by atoms with E-state index in [1.807, 2.05) is 0 Å². The Bertz CT molecular complexity index is 585. The number of nitrogens with zero attached hydrogens (tertiary/aromatic N) is 1. The zero-order valence-electron chi connectivity index (χ0n) is 10.6. The highest BCUT2D eigenvalue weighted by atomic mass is 35.5. The van der Waals surface area contributed by atoms with Gasteiger partial charge in [-0.2, -0.15) is 4.31 Å². The summed E-state index contributed by atoms with van der Waals surface area (Å²) in [6.07, 6.45) is 1.67. The average Bonchev–Trinajstić information content (AvgIpc) is 3.14. The fraction of sp³-hybridized carbons (Fsp3) is 0.500. The molecule has 0 aromatic heterocycles. The van der Waals surface area contributed by atoms with Gasteiger partial charge in [-0.25, -0.2) is 8.42 Å². The maximum atomic E-state index is 12.6. The SMILES string of the molecule is Cc1cc(Cl)c(N)cc1S(=O)(=O)N(CCO)C1CC1. The van der Waals surface area contributed by atoms with Crippen LogP contribution in [0.15, 0.2) is 17.0 Å². The first-order valence-electron chi connectivity index (χ1n) is 6.06. The van der Waals surface area contributed by atoms with Crippen LogP contribution in [0.1, 0.15) is 18.4 Å². The molecule has 3 N–H and O–H groups in total. The molecule has 0 aliphatic heterocycles. The minimum absolute atomic E-state index is 0.00606. The van der Waals surface area contributed by atoms with Gasteiger partial charge in [0.1, 0.15) is 0 Å². The molecule has 7 heteroatoms. The minimum atomic E-state index is -3.64. The number of aliphatic hydroxyl groups is 1. The second-order valence-electron chi connectivity index (χ2n) is 4.71. The Morgan fingerprint density at radius 2 is 2.11 bits per heavy atom. The van der Waals surface area contributed by atoms with Gasteiger partial charge >= 0.3 is 0 Å². The second kappa shape index (κ2) is 5.28. The summed E-state index contributed by atoms with van der Waals surface area (Å²) in [5.41, 5.74) is 6.49. The van der Waals surface area contributed by atoms with Crippen LogP contribution in [0.4, 0.5) is 5.69 Å². The third-order valence-electron chi connectivity index (χ3n) is 3.16. The zero-order chi connectivity index (χ0) is 14.2. The largest absolute Gasteiger partial charge is 0.397 e. The number of rotatable bonds is 5. The van der Waals surface area contributed by atoms with E-state index in [1.54, 1.807) is 13.0 Å². The van der Waals surface area contributed by atoms with Crippen LogP contribution in [0.3, 0.4) is 0 Å². The van der Waals surface area contributed by atoms with Crippen LogP contribution in [0.2, 0.25) is 5.02 Å². The summed E-state index contributed by atoms with van der Waals surface area (Å²) in [5.74, 6) is 0. The Labute approximate surface area is 118 Å². The second-order valence-corrected chi connectivity index (χ2v) is 6.98. The van der Waals surface area contributed by atoms with E-state index in [9.17, 15) is 8.42 Å². The standard InChI is InChI=1S/C12H17ClN2O3S/c1-8-6-10(13)11(14)7-12(8)19(17,18)15(4-5-16)9-2-3-9/h6-7,9,16H,2-5,14H2,1H3. The Morgan fingerprint density at radius 1 is 1.47 bits per heavy atom. The molecule has 0 bridgehead atoms. The van der Waals surface area contributed by atoms with Crippen LogP contribution in [0.5, 0.6) is 0 Å². The van der Waals surface area contributed by atoms with Crippen LogP contribution < -0.4 is 5.73 Å². The summed E-state index contributed by atoms with van der Waals surface area (Å²) in [6, 6.07) is 2.93. The van der Waals surface area contributed by atoms with Gasteiger partial charge in [-0.1, -0.05) is 11.6 Å². The Hall–Kier alpha value is -0.820. The van der Waals surface area contributed by atoms with E-state index in [0.29, 0.717) is 10.6 Å². The van der Waals surface area contributed by atoms with Crippen molar-refractivity contribution in [2.45, 2.75) is 30.7 Å². The van der Waals surface area contributed by atoms with Gasteiger partial charge in [0.05, 0.1) is 22.2 Å². The van der Waals surface area contributed by atoms with Gasteiger partial charge in [-0.3, -0.25) is 0 Å². The highest BCUT2D eigenvalue weighted by Gasteiger charge is 2.38. The molecule has 1 aromatic rings. The Balaban J connectivity index is 2.46. The molecular formula is C12H17ClN2O3S. The minimum Gasteiger partial charge on any atom is -0.397 e. The van der Waals surface area contributed by atoms with Crippen molar-refractivity contribution in [2.24, 2.45) is 0 Å². The number of aryl methyl sites for hydroxylation is 1. The molecule has 19 heavy (non-hydrogen) atoms. The fourth-order valence-electron chi connectivity index (χ4n) is 2.03. The highest BCUT2D eigenvalue weighted by Crippen LogP contribution is 2.34. The van der Waals surface area contributed by atoms with Crippen LogP contribution >= 0.6 is 11.6 Å². The summed E-state index contributed by atoms with van der Waals surface area (Å²) >= 11 is 5.88. The highest BCUT2D eigenvalue weighted by molar-refractivity contribution is 7.89. The molecule has 1 saturated carbocycles. The van der Waals surface area contributed by atoms with E-state index in [1.165, 1.54) is 10.4 Å². The first-order chi connectivity index (χ1) is 8.87. The van der Waals surface area contributed by atoms with Crippen molar-refractivity contribution >= 4 is 27.3 Å². The lowest BCUT2D eigenvalue weighted by molar-refractivity contribution is 0.250. The maximum absolute atomic E-state index is 12.6. The number of aliphatic hydroxyl groups excluding tert-OH is 1. The van der Waals surface area contributed by atoms with Gasteiger partial charge in [-0.05, 0) is 37.5 Å². The summed E-state index contributed by atoms with van der Waals surface area (Å²) in [4.78, 5) is 0.162. The van der Waals surface area contributed by atoms with E-state index in [2.05, 4.69) is 0 Å². The van der Waals surface area contributed by atoms with Crippen LogP contribution in [0.25, 0.3) is 0 Å². The molecule has 0 atom stereocenters. The quantitative estimate of drug-likeness (QED) is 0.805. The van der Waals surface area contributed by atoms with Gasteiger partial charge in [0.15, 0.2) is 0 Å². The van der Waals surface area contributed by atoms with Gasteiger partial charge in [0.25, 0.3) is 0 Å². The van der Waals surface area contributed by atoms with Crippen molar-refractivity contribution in [1.29, 1.82) is 0 Å². The van der Waals surface area contributed by atoms with Crippen LogP contribution in [-0.4, -0.2) is 37.0 Å². The molecule has 1 aliphatic carbocycles. The van der Waals surface area contributed by atoms with Crippen molar-refractivity contribution in [2.75, 3.05) is 18.9 Å². The van der Waals surface area contributed by atoms with Gasteiger partial charge in [0.2, 0.25) is 10.0 Å². The molecular weight excluding hydrogens is 288 g/mol. The predicted molar refractivity (Wildman–Crippen MR) is 74.6 cm³/mol. The molecule has 0 heterocycles.